The number of rotatable bonds is 9. The summed E-state index contributed by atoms with van der Waals surface area (Å²) in [4.78, 5) is 0. The Morgan fingerprint density at radius 2 is 1.64 bits per heavy atom. The molecule has 1 rings (SSSR count). The van der Waals surface area contributed by atoms with Crippen LogP contribution in [0.5, 0.6) is 0 Å². The lowest BCUT2D eigenvalue weighted by atomic mass is 10.1. The van der Waals surface area contributed by atoms with Crippen LogP contribution in [-0.4, -0.2) is 32.6 Å². The van der Waals surface area contributed by atoms with E-state index in [4.69, 9.17) is 14.5 Å². The van der Waals surface area contributed by atoms with Crippen molar-refractivity contribution >= 4 is 23.2 Å². The van der Waals surface area contributed by atoms with Gasteiger partial charge in [-0.2, -0.15) is 21.6 Å². The van der Waals surface area contributed by atoms with Crippen LogP contribution in [0.2, 0.25) is 0 Å². The van der Waals surface area contributed by atoms with E-state index in [1.807, 2.05) is 0 Å². The molecule has 0 aromatic heterocycles. The fourth-order valence-electron chi connectivity index (χ4n) is 1.73. The predicted molar refractivity (Wildman–Crippen MR) is 83.8 cm³/mol. The lowest BCUT2D eigenvalue weighted by molar-refractivity contribution is -0.0555. The first-order chi connectivity index (χ1) is 11.5. The van der Waals surface area contributed by atoms with Crippen LogP contribution in [0.3, 0.4) is 0 Å². The van der Waals surface area contributed by atoms with Crippen molar-refractivity contribution in [1.82, 2.24) is 0 Å². The summed E-state index contributed by atoms with van der Waals surface area (Å²) in [7, 11) is -10.4. The third-order valence-corrected chi connectivity index (χ3v) is 5.78. The molecule has 25 heavy (non-hydrogen) atoms. The smallest absolute Gasteiger partial charge is 0.305 e. The van der Waals surface area contributed by atoms with Crippen LogP contribution >= 0.6 is 7.60 Å². The molecule has 0 spiro atoms. The highest BCUT2D eigenvalue weighted by Crippen LogP contribution is 2.53. The molecule has 0 aliphatic heterocycles. The molecule has 0 saturated carbocycles. The van der Waals surface area contributed by atoms with Crippen molar-refractivity contribution in [2.24, 2.45) is 0 Å². The summed E-state index contributed by atoms with van der Waals surface area (Å²) in [6.45, 7) is 2.52. The van der Waals surface area contributed by atoms with Gasteiger partial charge in [-0.3, -0.25) is 9.97 Å². The van der Waals surface area contributed by atoms with Crippen LogP contribution in [0.25, 0.3) is 0 Å². The Morgan fingerprint density at radius 1 is 1.16 bits per heavy atom. The van der Waals surface area contributed by atoms with E-state index in [0.29, 0.717) is 0 Å². The molecule has 142 valence electrons. The second-order valence-corrected chi connectivity index (χ2v) is 8.06. The number of halogens is 3. The van der Waals surface area contributed by atoms with E-state index < -0.39 is 34.8 Å². The summed E-state index contributed by atoms with van der Waals surface area (Å²) in [5.41, 5.74) is -6.88. The predicted octanol–water partition coefficient (Wildman–Crippen LogP) is 3.84. The van der Waals surface area contributed by atoms with Gasteiger partial charge in [0.15, 0.2) is 11.6 Å². The van der Waals surface area contributed by atoms with Gasteiger partial charge >= 0.3 is 23.2 Å². The van der Waals surface area contributed by atoms with Gasteiger partial charge in [0, 0.05) is 0 Å². The first-order valence-electron chi connectivity index (χ1n) is 7.01. The van der Waals surface area contributed by atoms with Gasteiger partial charge in [0.25, 0.3) is 0 Å². The van der Waals surface area contributed by atoms with Gasteiger partial charge in [-0.1, -0.05) is 30.3 Å². The van der Waals surface area contributed by atoms with Crippen molar-refractivity contribution < 1.29 is 39.4 Å². The fraction of sp³-hybridized carbons (Fsp3) is 0.462. The number of hydrogen-bond donors (Lipinski definition) is 1. The zero-order chi connectivity index (χ0) is 19.3. The van der Waals surface area contributed by atoms with Gasteiger partial charge in [-0.05, 0) is 19.4 Å². The average Bonchev–Trinajstić information content (AvgIpc) is 2.52. The summed E-state index contributed by atoms with van der Waals surface area (Å²) in [6, 6.07) is 6.77. The number of hydrogen-bond acceptors (Lipinski definition) is 7. The third-order valence-electron chi connectivity index (χ3n) is 2.75. The van der Waals surface area contributed by atoms with Crippen LogP contribution in [0, 0.1) is 5.41 Å². The van der Waals surface area contributed by atoms with E-state index in [0.717, 1.165) is 0 Å². The molecule has 7 nitrogen and oxygen atoms in total. The minimum atomic E-state index is -6.05. The summed E-state index contributed by atoms with van der Waals surface area (Å²) in [5.74, 6) is 0. The standard InChI is InChI=1S/C13H17F3NO6PS/c1-3-21-24(18,22-4-2)12(17)11(10-8-6-5-7-9-10)23-25(19,20)13(14,15)16/h5-9,11,17H,3-4H2,1-2H3. The highest BCUT2D eigenvalue weighted by Gasteiger charge is 2.51. The molecule has 1 N–H and O–H groups in total. The molecule has 1 atom stereocenters. The SMILES string of the molecule is CCOP(=O)(OCC)C(=N)C(OS(=O)(=O)C(F)(F)F)c1ccccc1. The summed E-state index contributed by atoms with van der Waals surface area (Å²) in [6.07, 6.45) is -2.11. The molecule has 0 aliphatic carbocycles. The normalized spacial score (nSPS) is 14.3. The van der Waals surface area contributed by atoms with Crippen LogP contribution in [0.15, 0.2) is 30.3 Å². The van der Waals surface area contributed by atoms with Crippen LogP contribution in [-0.2, 0) is 27.9 Å². The Bertz CT molecular complexity index is 728. The topological polar surface area (TPSA) is 103 Å². The second kappa shape index (κ2) is 8.41. The van der Waals surface area contributed by atoms with Gasteiger partial charge in [0.1, 0.15) is 0 Å². The molecule has 0 amide bonds. The fourth-order valence-corrected chi connectivity index (χ4v) is 3.89. The molecule has 0 fully saturated rings. The molecule has 12 heteroatoms. The maximum atomic E-state index is 12.7. The molecule has 1 unspecified atom stereocenters. The monoisotopic (exact) mass is 403 g/mol. The molecular weight excluding hydrogens is 386 g/mol. The number of nitrogens with one attached hydrogen (secondary N) is 1. The molecule has 0 heterocycles. The zero-order valence-corrected chi connectivity index (χ0v) is 15.0. The van der Waals surface area contributed by atoms with Crippen molar-refractivity contribution in [3.05, 3.63) is 35.9 Å². The van der Waals surface area contributed by atoms with E-state index in [-0.39, 0.29) is 18.8 Å². The van der Waals surface area contributed by atoms with Gasteiger partial charge in [-0.25, -0.2) is 4.18 Å². The number of alkyl halides is 3. The Labute approximate surface area is 143 Å². The first kappa shape index (κ1) is 21.8. The molecule has 1 aromatic rings. The van der Waals surface area contributed by atoms with E-state index in [9.17, 15) is 26.2 Å². The highest BCUT2D eigenvalue weighted by molar-refractivity contribution is 7.87. The Balaban J connectivity index is 3.38. The third kappa shape index (κ3) is 5.35. The molecule has 1 aromatic carbocycles. The minimum Gasteiger partial charge on any atom is -0.305 e. The molecular formula is C13H17F3NO6PS. The molecule has 0 saturated heterocycles. The number of benzene rings is 1. The lowest BCUT2D eigenvalue weighted by Crippen LogP contribution is -2.30. The van der Waals surface area contributed by atoms with Crippen LogP contribution < -0.4 is 0 Å². The first-order valence-corrected chi connectivity index (χ1v) is 9.96. The summed E-state index contributed by atoms with van der Waals surface area (Å²) in [5, 5.41) is 7.96. The lowest BCUT2D eigenvalue weighted by Gasteiger charge is -2.24. The van der Waals surface area contributed by atoms with Crippen molar-refractivity contribution in [2.75, 3.05) is 13.2 Å². The van der Waals surface area contributed by atoms with E-state index in [2.05, 4.69) is 4.18 Å². The van der Waals surface area contributed by atoms with Crippen molar-refractivity contribution in [3.63, 3.8) is 0 Å². The Morgan fingerprint density at radius 3 is 2.04 bits per heavy atom. The molecule has 0 radical (unpaired) electrons. The highest BCUT2D eigenvalue weighted by atomic mass is 32.2. The minimum absolute atomic E-state index is 0.125. The van der Waals surface area contributed by atoms with Crippen molar-refractivity contribution in [1.29, 1.82) is 5.41 Å². The van der Waals surface area contributed by atoms with Crippen molar-refractivity contribution in [3.8, 4) is 0 Å². The molecule has 0 aliphatic rings. The zero-order valence-electron chi connectivity index (χ0n) is 13.3. The van der Waals surface area contributed by atoms with Crippen molar-refractivity contribution in [2.45, 2.75) is 25.5 Å². The van der Waals surface area contributed by atoms with E-state index >= 15 is 0 Å². The maximum Gasteiger partial charge on any atom is 0.523 e. The Kier molecular flexibility index (Phi) is 7.33. The maximum absolute atomic E-state index is 12.7. The van der Waals surface area contributed by atoms with E-state index in [1.54, 1.807) is 0 Å². The largest absolute Gasteiger partial charge is 0.523 e. The Hall–Kier alpha value is -1.26. The van der Waals surface area contributed by atoms with Gasteiger partial charge in [0.2, 0.25) is 0 Å². The quantitative estimate of drug-likeness (QED) is 0.291. The molecule has 0 bridgehead atoms. The van der Waals surface area contributed by atoms with Gasteiger partial charge in [0.05, 0.1) is 13.2 Å². The van der Waals surface area contributed by atoms with E-state index in [1.165, 1.54) is 44.2 Å². The van der Waals surface area contributed by atoms with Crippen LogP contribution in [0.4, 0.5) is 13.2 Å². The summed E-state index contributed by atoms with van der Waals surface area (Å²) < 4.78 is 87.3. The van der Waals surface area contributed by atoms with Crippen LogP contribution in [0.1, 0.15) is 25.5 Å². The van der Waals surface area contributed by atoms with Gasteiger partial charge in [-0.15, -0.1) is 0 Å². The average molecular weight is 403 g/mol. The second-order valence-electron chi connectivity index (χ2n) is 4.51. The summed E-state index contributed by atoms with van der Waals surface area (Å²) >= 11 is 0. The van der Waals surface area contributed by atoms with Gasteiger partial charge < -0.3 is 9.05 Å².